The average molecular weight is 267 g/mol. The van der Waals surface area contributed by atoms with E-state index in [9.17, 15) is 14.5 Å². The zero-order chi connectivity index (χ0) is 14.0. The maximum atomic E-state index is 13.0. The van der Waals surface area contributed by atoms with Gasteiger partial charge in [0.1, 0.15) is 11.5 Å². The van der Waals surface area contributed by atoms with Crippen molar-refractivity contribution < 1.29 is 9.31 Å². The minimum atomic E-state index is -0.594. The molecule has 0 radical (unpaired) electrons. The second-order valence-electron chi connectivity index (χ2n) is 5.24. The Labute approximate surface area is 111 Å². The molecule has 1 fully saturated rings. The van der Waals surface area contributed by atoms with Crippen LogP contribution in [0.5, 0.6) is 0 Å². The first-order chi connectivity index (χ1) is 8.94. The van der Waals surface area contributed by atoms with Gasteiger partial charge < -0.3 is 10.2 Å². The van der Waals surface area contributed by atoms with Crippen LogP contribution in [0.1, 0.15) is 19.3 Å². The molecule has 0 spiro atoms. The molecule has 1 aliphatic rings. The van der Waals surface area contributed by atoms with Crippen molar-refractivity contribution in [3.63, 3.8) is 0 Å². The van der Waals surface area contributed by atoms with Crippen LogP contribution in [0.3, 0.4) is 0 Å². The van der Waals surface area contributed by atoms with Crippen molar-refractivity contribution in [3.05, 3.63) is 34.1 Å². The van der Waals surface area contributed by atoms with E-state index in [-0.39, 0.29) is 11.2 Å². The van der Waals surface area contributed by atoms with E-state index in [1.807, 2.05) is 14.1 Å². The number of likely N-dealkylation sites (N-methyl/N-ethyl adjacent to an activating group) is 1. The fourth-order valence-corrected chi connectivity index (χ4v) is 2.43. The number of hydrogen-bond acceptors (Lipinski definition) is 4. The summed E-state index contributed by atoms with van der Waals surface area (Å²) < 4.78 is 13.0. The van der Waals surface area contributed by atoms with Crippen LogP contribution >= 0.6 is 0 Å². The van der Waals surface area contributed by atoms with Gasteiger partial charge in [-0.1, -0.05) is 0 Å². The van der Waals surface area contributed by atoms with Gasteiger partial charge in [-0.2, -0.15) is 0 Å². The van der Waals surface area contributed by atoms with Crippen molar-refractivity contribution in [2.75, 3.05) is 26.0 Å². The molecule has 1 saturated carbocycles. The third kappa shape index (κ3) is 2.68. The van der Waals surface area contributed by atoms with E-state index in [4.69, 9.17) is 0 Å². The number of nitro groups is 1. The van der Waals surface area contributed by atoms with Crippen molar-refractivity contribution in [2.45, 2.75) is 24.8 Å². The van der Waals surface area contributed by atoms with E-state index < -0.39 is 10.7 Å². The summed E-state index contributed by atoms with van der Waals surface area (Å²) in [6, 6.07) is 3.61. The zero-order valence-corrected chi connectivity index (χ0v) is 11.1. The lowest BCUT2D eigenvalue weighted by atomic mass is 9.75. The molecule has 19 heavy (non-hydrogen) atoms. The Morgan fingerprint density at radius 3 is 2.63 bits per heavy atom. The maximum absolute atomic E-state index is 13.0. The van der Waals surface area contributed by atoms with Crippen LogP contribution in [-0.2, 0) is 0 Å². The highest BCUT2D eigenvalue weighted by Gasteiger charge is 2.39. The predicted molar refractivity (Wildman–Crippen MR) is 71.8 cm³/mol. The van der Waals surface area contributed by atoms with E-state index in [0.717, 1.165) is 18.9 Å². The fraction of sp³-hybridized carbons (Fsp3) is 0.538. The van der Waals surface area contributed by atoms with Crippen LogP contribution in [0, 0.1) is 15.9 Å². The average Bonchev–Trinajstić information content (AvgIpc) is 2.28. The molecule has 0 bridgehead atoms. The second-order valence-corrected chi connectivity index (χ2v) is 5.24. The summed E-state index contributed by atoms with van der Waals surface area (Å²) >= 11 is 0. The first-order valence-electron chi connectivity index (χ1n) is 6.30. The Morgan fingerprint density at radius 2 is 2.16 bits per heavy atom. The van der Waals surface area contributed by atoms with Crippen LogP contribution in [0.15, 0.2) is 18.2 Å². The lowest BCUT2D eigenvalue weighted by Crippen LogP contribution is -2.54. The molecule has 1 aromatic rings. The third-order valence-electron chi connectivity index (χ3n) is 4.00. The van der Waals surface area contributed by atoms with Crippen LogP contribution in [0.25, 0.3) is 0 Å². The minimum Gasteiger partial charge on any atom is -0.378 e. The highest BCUT2D eigenvalue weighted by Crippen LogP contribution is 2.37. The Bertz CT molecular complexity index is 487. The molecule has 5 nitrogen and oxygen atoms in total. The van der Waals surface area contributed by atoms with E-state index in [1.165, 1.54) is 18.6 Å². The monoisotopic (exact) mass is 267 g/mol. The molecule has 1 aliphatic carbocycles. The summed E-state index contributed by atoms with van der Waals surface area (Å²) in [6.07, 6.45) is 3.31. The highest BCUT2D eigenvalue weighted by molar-refractivity contribution is 5.61. The lowest BCUT2D eigenvalue weighted by Gasteiger charge is -2.47. The molecule has 0 heterocycles. The van der Waals surface area contributed by atoms with E-state index in [0.29, 0.717) is 12.2 Å². The molecule has 0 aromatic heterocycles. The lowest BCUT2D eigenvalue weighted by molar-refractivity contribution is -0.384. The van der Waals surface area contributed by atoms with Gasteiger partial charge in [-0.05, 0) is 45.5 Å². The van der Waals surface area contributed by atoms with Crippen LogP contribution in [-0.4, -0.2) is 36.0 Å². The zero-order valence-electron chi connectivity index (χ0n) is 11.1. The minimum absolute atomic E-state index is 0.0578. The van der Waals surface area contributed by atoms with E-state index >= 15 is 0 Å². The van der Waals surface area contributed by atoms with Gasteiger partial charge in [-0.3, -0.25) is 10.1 Å². The Kier molecular flexibility index (Phi) is 3.71. The second kappa shape index (κ2) is 5.13. The standard InChI is InChI=1S/C13H18FN3O2/c1-16(2)13(6-3-7-13)9-15-11-5-4-10(14)8-12(11)17(18)19/h4-5,8,15H,3,6-7,9H2,1-2H3. The first-order valence-corrected chi connectivity index (χ1v) is 6.30. The predicted octanol–water partition coefficient (Wildman–Crippen LogP) is 2.63. The topological polar surface area (TPSA) is 58.4 Å². The summed E-state index contributed by atoms with van der Waals surface area (Å²) in [5.74, 6) is -0.594. The summed E-state index contributed by atoms with van der Waals surface area (Å²) in [4.78, 5) is 12.5. The van der Waals surface area contributed by atoms with Gasteiger partial charge in [0.25, 0.3) is 5.69 Å². The first kappa shape index (κ1) is 13.7. The molecule has 104 valence electrons. The number of nitro benzene ring substituents is 1. The number of nitrogens with zero attached hydrogens (tertiary/aromatic N) is 2. The Hall–Kier alpha value is -1.69. The summed E-state index contributed by atoms with van der Waals surface area (Å²) in [6.45, 7) is 0.631. The molecule has 0 unspecified atom stereocenters. The van der Waals surface area contributed by atoms with Gasteiger partial charge in [0.2, 0.25) is 0 Å². The number of nitrogens with one attached hydrogen (secondary N) is 1. The SMILES string of the molecule is CN(C)C1(CNc2ccc(F)cc2[N+](=O)[O-])CCC1. The largest absolute Gasteiger partial charge is 0.378 e. The van der Waals surface area contributed by atoms with Crippen LogP contribution in [0.2, 0.25) is 0 Å². The van der Waals surface area contributed by atoms with Crippen molar-refractivity contribution >= 4 is 11.4 Å². The van der Waals surface area contributed by atoms with Gasteiger partial charge in [0.05, 0.1) is 11.0 Å². The molecular formula is C13H18FN3O2. The molecule has 0 atom stereocenters. The quantitative estimate of drug-likeness (QED) is 0.658. The van der Waals surface area contributed by atoms with Crippen molar-refractivity contribution in [1.82, 2.24) is 4.90 Å². The molecule has 0 saturated heterocycles. The Morgan fingerprint density at radius 1 is 1.47 bits per heavy atom. The van der Waals surface area contributed by atoms with Gasteiger partial charge >= 0.3 is 0 Å². The molecule has 0 amide bonds. The van der Waals surface area contributed by atoms with Gasteiger partial charge in [0, 0.05) is 12.1 Å². The van der Waals surface area contributed by atoms with E-state index in [2.05, 4.69) is 10.2 Å². The molecule has 0 aliphatic heterocycles. The number of halogens is 1. The number of benzene rings is 1. The number of rotatable bonds is 5. The summed E-state index contributed by atoms with van der Waals surface area (Å²) in [5, 5.41) is 14.0. The highest BCUT2D eigenvalue weighted by atomic mass is 19.1. The van der Waals surface area contributed by atoms with Crippen molar-refractivity contribution in [1.29, 1.82) is 0 Å². The number of hydrogen-bond donors (Lipinski definition) is 1. The Balaban J connectivity index is 2.13. The number of anilines is 1. The normalized spacial score (nSPS) is 17.1. The van der Waals surface area contributed by atoms with Gasteiger partial charge in [0.15, 0.2) is 0 Å². The summed E-state index contributed by atoms with van der Waals surface area (Å²) in [5.41, 5.74) is 0.218. The summed E-state index contributed by atoms with van der Waals surface area (Å²) in [7, 11) is 4.03. The van der Waals surface area contributed by atoms with Crippen LogP contribution in [0.4, 0.5) is 15.8 Å². The molecule has 2 rings (SSSR count). The molecule has 1 aromatic carbocycles. The van der Waals surface area contributed by atoms with Crippen molar-refractivity contribution in [3.8, 4) is 0 Å². The maximum Gasteiger partial charge on any atom is 0.295 e. The van der Waals surface area contributed by atoms with Gasteiger partial charge in [-0.15, -0.1) is 0 Å². The van der Waals surface area contributed by atoms with Crippen LogP contribution < -0.4 is 5.32 Å². The van der Waals surface area contributed by atoms with Crippen molar-refractivity contribution in [2.24, 2.45) is 0 Å². The third-order valence-corrected chi connectivity index (χ3v) is 4.00. The smallest absolute Gasteiger partial charge is 0.295 e. The molecule has 6 heteroatoms. The van der Waals surface area contributed by atoms with Gasteiger partial charge in [-0.25, -0.2) is 4.39 Å². The fourth-order valence-electron chi connectivity index (χ4n) is 2.43. The van der Waals surface area contributed by atoms with E-state index in [1.54, 1.807) is 0 Å². The molecular weight excluding hydrogens is 249 g/mol. The molecule has 1 N–H and O–H groups in total.